The molecule has 136 valence electrons. The monoisotopic (exact) mass is 393 g/mol. The summed E-state index contributed by atoms with van der Waals surface area (Å²) in [6.45, 7) is 1.55. The fourth-order valence-electron chi connectivity index (χ4n) is 2.37. The van der Waals surface area contributed by atoms with Gasteiger partial charge in [-0.05, 0) is 42.8 Å². The lowest BCUT2D eigenvalue weighted by atomic mass is 10.2. The fraction of sp³-hybridized carbons (Fsp3) is 0.176. The minimum absolute atomic E-state index is 0.0789. The van der Waals surface area contributed by atoms with Crippen LogP contribution in [0.1, 0.15) is 5.56 Å². The molecule has 1 heterocycles. The molecule has 0 saturated heterocycles. The summed E-state index contributed by atoms with van der Waals surface area (Å²) >= 11 is 1.32. The minimum Gasteiger partial charge on any atom is -0.301 e. The quantitative estimate of drug-likeness (QED) is 0.723. The van der Waals surface area contributed by atoms with Gasteiger partial charge in [-0.1, -0.05) is 23.5 Å². The summed E-state index contributed by atoms with van der Waals surface area (Å²) in [7, 11) is -2.59. The summed E-state index contributed by atoms with van der Waals surface area (Å²) in [6.07, 6.45) is 0. The molecule has 0 atom stereocenters. The highest BCUT2D eigenvalue weighted by atomic mass is 32.2. The molecule has 3 rings (SSSR count). The van der Waals surface area contributed by atoms with Crippen LogP contribution in [0.5, 0.6) is 0 Å². The number of anilines is 1. The molecule has 26 heavy (non-hydrogen) atoms. The SMILES string of the molecule is Cc1cccc2sc(NC(=O)CN(C)S(=O)(=O)c3ccc(F)cc3)nc12. The van der Waals surface area contributed by atoms with E-state index in [1.807, 2.05) is 25.1 Å². The first-order valence-electron chi connectivity index (χ1n) is 7.65. The third kappa shape index (κ3) is 3.74. The number of hydrogen-bond acceptors (Lipinski definition) is 5. The molecule has 9 heteroatoms. The van der Waals surface area contributed by atoms with Gasteiger partial charge in [0.05, 0.1) is 21.7 Å². The van der Waals surface area contributed by atoms with E-state index in [1.165, 1.54) is 18.4 Å². The smallest absolute Gasteiger partial charge is 0.243 e. The number of likely N-dealkylation sites (N-methyl/N-ethyl adjacent to an activating group) is 1. The summed E-state index contributed by atoms with van der Waals surface area (Å²) in [5.41, 5.74) is 1.80. The summed E-state index contributed by atoms with van der Waals surface area (Å²) in [6, 6.07) is 10.2. The zero-order valence-electron chi connectivity index (χ0n) is 14.1. The lowest BCUT2D eigenvalue weighted by Crippen LogP contribution is -2.34. The largest absolute Gasteiger partial charge is 0.301 e. The molecule has 0 bridgehead atoms. The number of carbonyl (C=O) groups excluding carboxylic acids is 1. The van der Waals surface area contributed by atoms with Gasteiger partial charge in [-0.2, -0.15) is 4.31 Å². The third-order valence-electron chi connectivity index (χ3n) is 3.76. The van der Waals surface area contributed by atoms with Gasteiger partial charge in [-0.3, -0.25) is 4.79 Å². The van der Waals surface area contributed by atoms with E-state index < -0.39 is 21.7 Å². The summed E-state index contributed by atoms with van der Waals surface area (Å²) in [5.74, 6) is -1.04. The van der Waals surface area contributed by atoms with Gasteiger partial charge in [0.15, 0.2) is 5.13 Å². The molecule has 0 radical (unpaired) electrons. The zero-order valence-corrected chi connectivity index (χ0v) is 15.7. The molecule has 0 unspecified atom stereocenters. The van der Waals surface area contributed by atoms with Crippen molar-refractivity contribution < 1.29 is 17.6 Å². The van der Waals surface area contributed by atoms with Crippen molar-refractivity contribution in [2.24, 2.45) is 0 Å². The van der Waals surface area contributed by atoms with E-state index in [2.05, 4.69) is 10.3 Å². The lowest BCUT2D eigenvalue weighted by molar-refractivity contribution is -0.116. The highest BCUT2D eigenvalue weighted by molar-refractivity contribution is 7.89. The van der Waals surface area contributed by atoms with Crippen molar-refractivity contribution in [2.45, 2.75) is 11.8 Å². The molecule has 1 amide bonds. The fourth-order valence-corrected chi connectivity index (χ4v) is 4.46. The molecular weight excluding hydrogens is 377 g/mol. The van der Waals surface area contributed by atoms with Crippen LogP contribution in [0, 0.1) is 12.7 Å². The maximum atomic E-state index is 13.0. The molecule has 0 spiro atoms. The van der Waals surface area contributed by atoms with Crippen molar-refractivity contribution in [3.05, 3.63) is 53.8 Å². The first kappa shape index (κ1) is 18.4. The topological polar surface area (TPSA) is 79.4 Å². The standard InChI is InChI=1S/C17H16FN3O3S2/c1-11-4-3-5-14-16(11)20-17(25-14)19-15(22)10-21(2)26(23,24)13-8-6-12(18)7-9-13/h3-9H,10H2,1-2H3,(H,19,20,22). The molecule has 1 aromatic heterocycles. The number of para-hydroxylation sites is 1. The van der Waals surface area contributed by atoms with Crippen LogP contribution in [-0.2, 0) is 14.8 Å². The molecule has 0 aliphatic rings. The number of halogens is 1. The summed E-state index contributed by atoms with van der Waals surface area (Å²) in [5, 5.41) is 3.03. The van der Waals surface area contributed by atoms with Gasteiger partial charge in [-0.15, -0.1) is 0 Å². The summed E-state index contributed by atoms with van der Waals surface area (Å²) in [4.78, 5) is 16.5. The number of nitrogens with one attached hydrogen (secondary N) is 1. The van der Waals surface area contributed by atoms with Crippen molar-refractivity contribution in [1.29, 1.82) is 0 Å². The number of benzene rings is 2. The Labute approximate surface area is 154 Å². The number of aromatic nitrogens is 1. The first-order valence-corrected chi connectivity index (χ1v) is 9.91. The van der Waals surface area contributed by atoms with E-state index in [4.69, 9.17) is 0 Å². The van der Waals surface area contributed by atoms with Crippen molar-refractivity contribution in [2.75, 3.05) is 18.9 Å². The number of nitrogens with zero attached hydrogens (tertiary/aromatic N) is 2. The number of hydrogen-bond donors (Lipinski definition) is 1. The number of carbonyl (C=O) groups is 1. The van der Waals surface area contributed by atoms with Crippen LogP contribution in [0.15, 0.2) is 47.4 Å². The van der Waals surface area contributed by atoms with Crippen LogP contribution in [-0.4, -0.2) is 37.2 Å². The second-order valence-corrected chi connectivity index (χ2v) is 8.78. The van der Waals surface area contributed by atoms with E-state index in [1.54, 1.807) is 0 Å². The lowest BCUT2D eigenvalue weighted by Gasteiger charge is -2.16. The minimum atomic E-state index is -3.89. The second kappa shape index (κ2) is 7.10. The highest BCUT2D eigenvalue weighted by Gasteiger charge is 2.23. The van der Waals surface area contributed by atoms with E-state index >= 15 is 0 Å². The number of amides is 1. The predicted molar refractivity (Wildman–Crippen MR) is 99.2 cm³/mol. The van der Waals surface area contributed by atoms with Crippen LogP contribution >= 0.6 is 11.3 Å². The Morgan fingerprint density at radius 2 is 1.92 bits per heavy atom. The Bertz CT molecular complexity index is 1060. The number of rotatable bonds is 5. The van der Waals surface area contributed by atoms with E-state index in [-0.39, 0.29) is 11.4 Å². The molecular formula is C17H16FN3O3S2. The molecule has 6 nitrogen and oxygen atoms in total. The molecule has 0 aliphatic carbocycles. The van der Waals surface area contributed by atoms with Crippen molar-refractivity contribution >= 4 is 42.6 Å². The second-order valence-electron chi connectivity index (χ2n) is 5.70. The molecule has 1 N–H and O–H groups in total. The van der Waals surface area contributed by atoms with Gasteiger partial charge < -0.3 is 5.32 Å². The summed E-state index contributed by atoms with van der Waals surface area (Å²) < 4.78 is 39.7. The number of fused-ring (bicyclic) bond motifs is 1. The predicted octanol–water partition coefficient (Wildman–Crippen LogP) is 3.00. The Balaban J connectivity index is 1.72. The van der Waals surface area contributed by atoms with Gasteiger partial charge in [0.25, 0.3) is 0 Å². The number of aryl methyl sites for hydroxylation is 1. The Morgan fingerprint density at radius 1 is 1.23 bits per heavy atom. The van der Waals surface area contributed by atoms with Crippen molar-refractivity contribution in [1.82, 2.24) is 9.29 Å². The molecule has 0 fully saturated rings. The third-order valence-corrected chi connectivity index (χ3v) is 6.51. The average molecular weight is 393 g/mol. The van der Waals surface area contributed by atoms with Gasteiger partial charge in [0.2, 0.25) is 15.9 Å². The normalized spacial score (nSPS) is 11.8. The van der Waals surface area contributed by atoms with Crippen molar-refractivity contribution in [3.63, 3.8) is 0 Å². The Morgan fingerprint density at radius 3 is 2.58 bits per heavy atom. The maximum absolute atomic E-state index is 13.0. The van der Waals surface area contributed by atoms with Gasteiger partial charge in [0, 0.05) is 7.05 Å². The molecule has 3 aromatic rings. The molecule has 2 aromatic carbocycles. The van der Waals surface area contributed by atoms with Gasteiger partial charge >= 0.3 is 0 Å². The van der Waals surface area contributed by atoms with Gasteiger partial charge in [-0.25, -0.2) is 17.8 Å². The van der Waals surface area contributed by atoms with E-state index in [0.717, 1.165) is 44.4 Å². The van der Waals surface area contributed by atoms with E-state index in [9.17, 15) is 17.6 Å². The van der Waals surface area contributed by atoms with Crippen LogP contribution in [0.4, 0.5) is 9.52 Å². The Hall–Kier alpha value is -2.36. The maximum Gasteiger partial charge on any atom is 0.243 e. The Kier molecular flexibility index (Phi) is 5.03. The van der Waals surface area contributed by atoms with E-state index in [0.29, 0.717) is 5.13 Å². The zero-order chi connectivity index (χ0) is 18.9. The number of sulfonamides is 1. The molecule has 0 saturated carbocycles. The van der Waals surface area contributed by atoms with Gasteiger partial charge in [0.1, 0.15) is 5.82 Å². The van der Waals surface area contributed by atoms with Crippen LogP contribution in [0.25, 0.3) is 10.2 Å². The average Bonchev–Trinajstić information content (AvgIpc) is 2.99. The first-order chi connectivity index (χ1) is 12.3. The van der Waals surface area contributed by atoms with Crippen molar-refractivity contribution in [3.8, 4) is 0 Å². The molecule has 0 aliphatic heterocycles. The highest BCUT2D eigenvalue weighted by Crippen LogP contribution is 2.27. The van der Waals surface area contributed by atoms with Crippen LogP contribution in [0.2, 0.25) is 0 Å². The van der Waals surface area contributed by atoms with Crippen LogP contribution in [0.3, 0.4) is 0 Å². The van der Waals surface area contributed by atoms with Crippen LogP contribution < -0.4 is 5.32 Å². The number of thiazole rings is 1.